The predicted octanol–water partition coefficient (Wildman–Crippen LogP) is 2.62. The van der Waals surface area contributed by atoms with Crippen molar-refractivity contribution in [1.29, 1.82) is 0 Å². The van der Waals surface area contributed by atoms with Gasteiger partial charge in [0.05, 0.1) is 18.0 Å². The van der Waals surface area contributed by atoms with Gasteiger partial charge in [0.2, 0.25) is 11.8 Å². The van der Waals surface area contributed by atoms with Crippen LogP contribution in [0.15, 0.2) is 54.6 Å². The SMILES string of the molecule is CC(c1ccccc1)N1C(=O)C2ON(CCC(N)=O)C(c3cccc(Cl)c3)C2C1=O. The van der Waals surface area contributed by atoms with E-state index in [1.807, 2.05) is 43.3 Å². The third-order valence-corrected chi connectivity index (χ3v) is 5.90. The summed E-state index contributed by atoms with van der Waals surface area (Å²) in [6.07, 6.45) is -0.899. The number of benzene rings is 2. The Morgan fingerprint density at radius 1 is 1.13 bits per heavy atom. The fourth-order valence-electron chi connectivity index (χ4n) is 4.23. The number of likely N-dealkylation sites (tertiary alicyclic amines) is 1. The first kappa shape index (κ1) is 20.5. The number of carbonyl (C=O) groups excluding carboxylic acids is 3. The summed E-state index contributed by atoms with van der Waals surface area (Å²) in [7, 11) is 0. The normalized spacial score (nSPS) is 24.9. The molecule has 0 spiro atoms. The molecule has 30 heavy (non-hydrogen) atoms. The molecule has 2 aliphatic heterocycles. The van der Waals surface area contributed by atoms with Crippen molar-refractivity contribution in [2.24, 2.45) is 11.7 Å². The van der Waals surface area contributed by atoms with E-state index in [4.69, 9.17) is 22.2 Å². The number of nitrogens with two attached hydrogens (primary N) is 1. The highest BCUT2D eigenvalue weighted by molar-refractivity contribution is 6.30. The highest BCUT2D eigenvalue weighted by atomic mass is 35.5. The second-order valence-corrected chi connectivity index (χ2v) is 7.98. The Morgan fingerprint density at radius 3 is 2.53 bits per heavy atom. The zero-order valence-corrected chi connectivity index (χ0v) is 17.2. The van der Waals surface area contributed by atoms with Crippen LogP contribution in [0.25, 0.3) is 0 Å². The quantitative estimate of drug-likeness (QED) is 0.715. The molecule has 0 aromatic heterocycles. The average molecular weight is 428 g/mol. The maximum atomic E-state index is 13.4. The summed E-state index contributed by atoms with van der Waals surface area (Å²) in [5, 5.41) is 2.03. The third-order valence-electron chi connectivity index (χ3n) is 5.67. The van der Waals surface area contributed by atoms with Crippen molar-refractivity contribution in [3.8, 4) is 0 Å². The molecular formula is C22H22ClN3O4. The summed E-state index contributed by atoms with van der Waals surface area (Å²) in [6.45, 7) is 2.00. The number of imide groups is 1. The number of hydroxylamine groups is 2. The molecule has 2 aliphatic rings. The van der Waals surface area contributed by atoms with Gasteiger partial charge >= 0.3 is 0 Å². The van der Waals surface area contributed by atoms with Crippen LogP contribution in [0.1, 0.15) is 36.6 Å². The van der Waals surface area contributed by atoms with Gasteiger partial charge in [-0.15, -0.1) is 0 Å². The molecule has 4 unspecified atom stereocenters. The summed E-state index contributed by atoms with van der Waals surface area (Å²) < 4.78 is 0. The van der Waals surface area contributed by atoms with E-state index in [0.29, 0.717) is 5.02 Å². The lowest BCUT2D eigenvalue weighted by Gasteiger charge is -2.29. The number of rotatable bonds is 6. The smallest absolute Gasteiger partial charge is 0.261 e. The highest BCUT2D eigenvalue weighted by Gasteiger charge is 2.60. The predicted molar refractivity (Wildman–Crippen MR) is 110 cm³/mol. The van der Waals surface area contributed by atoms with Gasteiger partial charge < -0.3 is 5.73 Å². The zero-order valence-electron chi connectivity index (χ0n) is 16.4. The minimum atomic E-state index is -0.944. The lowest BCUT2D eigenvalue weighted by molar-refractivity contribution is -0.181. The van der Waals surface area contributed by atoms with Crippen molar-refractivity contribution < 1.29 is 19.2 Å². The van der Waals surface area contributed by atoms with E-state index >= 15 is 0 Å². The fourth-order valence-corrected chi connectivity index (χ4v) is 4.43. The van der Waals surface area contributed by atoms with Crippen molar-refractivity contribution in [3.63, 3.8) is 0 Å². The monoisotopic (exact) mass is 427 g/mol. The number of halogens is 1. The number of primary amides is 1. The van der Waals surface area contributed by atoms with Crippen LogP contribution >= 0.6 is 11.6 Å². The molecule has 0 radical (unpaired) electrons. The minimum absolute atomic E-state index is 0.0447. The summed E-state index contributed by atoms with van der Waals surface area (Å²) in [5.41, 5.74) is 6.90. The molecule has 2 aromatic carbocycles. The molecule has 4 rings (SSSR count). The fraction of sp³-hybridized carbons (Fsp3) is 0.318. The zero-order chi connectivity index (χ0) is 21.4. The molecule has 156 valence electrons. The molecule has 0 bridgehead atoms. The molecule has 0 aliphatic carbocycles. The lowest BCUT2D eigenvalue weighted by atomic mass is 9.90. The first-order valence-electron chi connectivity index (χ1n) is 9.77. The van der Waals surface area contributed by atoms with Crippen molar-refractivity contribution in [3.05, 3.63) is 70.7 Å². The van der Waals surface area contributed by atoms with E-state index in [2.05, 4.69) is 0 Å². The largest absolute Gasteiger partial charge is 0.370 e. The summed E-state index contributed by atoms with van der Waals surface area (Å²) >= 11 is 6.17. The van der Waals surface area contributed by atoms with E-state index in [1.165, 1.54) is 9.96 Å². The standard InChI is InChI=1S/C22H22ClN3O4/c1-13(14-6-3-2-4-7-14)26-21(28)18-19(15-8-5-9-16(23)12-15)25(11-10-17(24)27)30-20(18)22(26)29/h2-9,12-13,18-20H,10-11H2,1H3,(H2,24,27). The Morgan fingerprint density at radius 2 is 1.87 bits per heavy atom. The summed E-state index contributed by atoms with van der Waals surface area (Å²) in [5.74, 6) is -1.89. The number of hydrogen-bond donors (Lipinski definition) is 1. The van der Waals surface area contributed by atoms with Gasteiger partial charge in [0.25, 0.3) is 5.91 Å². The minimum Gasteiger partial charge on any atom is -0.370 e. The third kappa shape index (κ3) is 3.60. The van der Waals surface area contributed by atoms with Crippen molar-refractivity contribution in [2.75, 3.05) is 6.54 Å². The maximum absolute atomic E-state index is 13.4. The number of carbonyl (C=O) groups is 3. The Balaban J connectivity index is 1.68. The number of amides is 3. The van der Waals surface area contributed by atoms with Gasteiger partial charge in [0.15, 0.2) is 6.10 Å². The molecule has 2 aromatic rings. The van der Waals surface area contributed by atoms with Crippen molar-refractivity contribution >= 4 is 29.3 Å². The van der Waals surface area contributed by atoms with Gasteiger partial charge in [-0.05, 0) is 30.2 Å². The van der Waals surface area contributed by atoms with Gasteiger partial charge in [0.1, 0.15) is 0 Å². The topological polar surface area (TPSA) is 92.9 Å². The van der Waals surface area contributed by atoms with Crippen LogP contribution < -0.4 is 5.73 Å². The van der Waals surface area contributed by atoms with Gasteiger partial charge in [-0.1, -0.05) is 54.1 Å². The second-order valence-electron chi connectivity index (χ2n) is 7.54. The molecule has 3 amide bonds. The lowest BCUT2D eigenvalue weighted by Crippen LogP contribution is -2.39. The van der Waals surface area contributed by atoms with E-state index in [1.54, 1.807) is 18.2 Å². The first-order valence-corrected chi connectivity index (χ1v) is 10.2. The number of fused-ring (bicyclic) bond motifs is 1. The van der Waals surface area contributed by atoms with E-state index in [-0.39, 0.29) is 24.8 Å². The van der Waals surface area contributed by atoms with Crippen molar-refractivity contribution in [2.45, 2.75) is 31.5 Å². The Kier molecular flexibility index (Phi) is 5.60. The molecule has 2 fully saturated rings. The molecular weight excluding hydrogens is 406 g/mol. The molecule has 2 heterocycles. The van der Waals surface area contributed by atoms with E-state index in [0.717, 1.165) is 11.1 Å². The van der Waals surface area contributed by atoms with Crippen LogP contribution in [-0.2, 0) is 19.2 Å². The van der Waals surface area contributed by atoms with Crippen LogP contribution in [-0.4, -0.2) is 40.3 Å². The van der Waals surface area contributed by atoms with Crippen LogP contribution in [0.3, 0.4) is 0 Å². The molecule has 7 nitrogen and oxygen atoms in total. The average Bonchev–Trinajstić information content (AvgIpc) is 3.22. The van der Waals surface area contributed by atoms with Crippen LogP contribution in [0.2, 0.25) is 5.02 Å². The molecule has 2 N–H and O–H groups in total. The second kappa shape index (κ2) is 8.18. The van der Waals surface area contributed by atoms with Crippen LogP contribution in [0.4, 0.5) is 0 Å². The van der Waals surface area contributed by atoms with Crippen molar-refractivity contribution in [1.82, 2.24) is 9.96 Å². The van der Waals surface area contributed by atoms with Gasteiger partial charge in [-0.25, -0.2) is 0 Å². The van der Waals surface area contributed by atoms with Gasteiger partial charge in [-0.2, -0.15) is 5.06 Å². The molecule has 0 saturated carbocycles. The van der Waals surface area contributed by atoms with E-state index in [9.17, 15) is 14.4 Å². The van der Waals surface area contributed by atoms with E-state index < -0.39 is 30.0 Å². The number of hydrogen-bond acceptors (Lipinski definition) is 5. The summed E-state index contributed by atoms with van der Waals surface area (Å²) in [6, 6.07) is 15.5. The summed E-state index contributed by atoms with van der Waals surface area (Å²) in [4.78, 5) is 45.1. The van der Waals surface area contributed by atoms with Crippen LogP contribution in [0.5, 0.6) is 0 Å². The first-order chi connectivity index (χ1) is 14.4. The maximum Gasteiger partial charge on any atom is 0.261 e. The number of nitrogens with zero attached hydrogens (tertiary/aromatic N) is 2. The highest BCUT2D eigenvalue weighted by Crippen LogP contribution is 2.46. The molecule has 4 atom stereocenters. The molecule has 8 heteroatoms. The van der Waals surface area contributed by atoms with Gasteiger partial charge in [0, 0.05) is 18.0 Å². The van der Waals surface area contributed by atoms with Crippen LogP contribution in [0, 0.1) is 5.92 Å². The van der Waals surface area contributed by atoms with Gasteiger partial charge in [-0.3, -0.25) is 24.1 Å². The Hall–Kier alpha value is -2.74. The molecule has 2 saturated heterocycles. The Bertz CT molecular complexity index is 983. The Labute approximate surface area is 179 Å².